The molecule has 4 aromatic rings. The highest BCUT2D eigenvalue weighted by Gasteiger charge is 2.12. The second kappa shape index (κ2) is 6.19. The summed E-state index contributed by atoms with van der Waals surface area (Å²) in [6.45, 7) is 1.89. The van der Waals surface area contributed by atoms with E-state index < -0.39 is 0 Å². The van der Waals surface area contributed by atoms with Crippen LogP contribution in [0.2, 0.25) is 5.02 Å². The highest BCUT2D eigenvalue weighted by Crippen LogP contribution is 2.36. The Morgan fingerprint density at radius 2 is 1.72 bits per heavy atom. The summed E-state index contributed by atoms with van der Waals surface area (Å²) in [6, 6.07) is 19.8. The van der Waals surface area contributed by atoms with Gasteiger partial charge in [-0.3, -0.25) is 0 Å². The number of anilines is 1. The highest BCUT2D eigenvalue weighted by atomic mass is 35.5. The molecule has 4 heteroatoms. The number of nitrogen functional groups attached to an aromatic ring is 1. The summed E-state index contributed by atoms with van der Waals surface area (Å²) in [5.74, 6) is 0.739. The van der Waals surface area contributed by atoms with Gasteiger partial charge < -0.3 is 5.73 Å². The van der Waals surface area contributed by atoms with Crippen LogP contribution in [0.15, 0.2) is 66.9 Å². The van der Waals surface area contributed by atoms with E-state index in [1.807, 2.05) is 61.7 Å². The van der Waals surface area contributed by atoms with Crippen LogP contribution in [-0.2, 0) is 0 Å². The summed E-state index contributed by atoms with van der Waals surface area (Å²) in [6.07, 6.45) is 1.85. The molecule has 122 valence electrons. The summed E-state index contributed by atoms with van der Waals surface area (Å²) in [7, 11) is 0. The fourth-order valence-corrected chi connectivity index (χ4v) is 3.26. The first-order valence-corrected chi connectivity index (χ1v) is 8.38. The molecule has 1 heterocycles. The molecule has 0 aliphatic carbocycles. The fourth-order valence-electron chi connectivity index (χ4n) is 3.01. The first-order chi connectivity index (χ1) is 12.1. The van der Waals surface area contributed by atoms with Gasteiger partial charge >= 0.3 is 0 Å². The lowest BCUT2D eigenvalue weighted by Gasteiger charge is -2.12. The van der Waals surface area contributed by atoms with Crippen LogP contribution < -0.4 is 5.73 Å². The van der Waals surface area contributed by atoms with E-state index in [1.165, 1.54) is 0 Å². The maximum atomic E-state index is 6.41. The molecular formula is C21H16ClN3. The molecule has 0 fully saturated rings. The molecule has 2 N–H and O–H groups in total. The molecular weight excluding hydrogens is 330 g/mol. The topological polar surface area (TPSA) is 51.8 Å². The van der Waals surface area contributed by atoms with Crippen molar-refractivity contribution >= 4 is 28.2 Å². The first-order valence-electron chi connectivity index (χ1n) is 8.00. The number of aromatic nitrogens is 2. The molecule has 0 aliphatic rings. The Morgan fingerprint density at radius 1 is 0.880 bits per heavy atom. The number of rotatable bonds is 2. The molecule has 3 nitrogen and oxygen atoms in total. The number of aryl methyl sites for hydroxylation is 1. The largest absolute Gasteiger partial charge is 0.399 e. The van der Waals surface area contributed by atoms with E-state index in [9.17, 15) is 0 Å². The molecule has 0 bridgehead atoms. The number of halogens is 1. The normalized spacial score (nSPS) is 11.0. The maximum Gasteiger partial charge on any atom is 0.125 e. The Labute approximate surface area is 151 Å². The zero-order chi connectivity index (χ0) is 17.4. The van der Waals surface area contributed by atoms with E-state index in [0.717, 1.165) is 44.7 Å². The van der Waals surface area contributed by atoms with Crippen molar-refractivity contribution in [2.24, 2.45) is 0 Å². The Kier molecular flexibility index (Phi) is 3.86. The molecule has 0 atom stereocenters. The zero-order valence-corrected chi connectivity index (χ0v) is 14.5. The molecule has 3 aromatic carbocycles. The molecule has 0 saturated carbocycles. The minimum Gasteiger partial charge on any atom is -0.399 e. The SMILES string of the molecule is Cc1ncc2cc(-c3ccccc3Cl)cc(-c3cccc(N)c3)c2n1. The van der Waals surface area contributed by atoms with Gasteiger partial charge in [-0.05, 0) is 48.4 Å². The van der Waals surface area contributed by atoms with Gasteiger partial charge in [-0.2, -0.15) is 0 Å². The third kappa shape index (κ3) is 2.94. The summed E-state index contributed by atoms with van der Waals surface area (Å²) >= 11 is 6.41. The third-order valence-corrected chi connectivity index (χ3v) is 4.52. The second-order valence-electron chi connectivity index (χ2n) is 5.98. The van der Waals surface area contributed by atoms with Gasteiger partial charge in [0.1, 0.15) is 5.82 Å². The Morgan fingerprint density at radius 3 is 2.52 bits per heavy atom. The van der Waals surface area contributed by atoms with Crippen LogP contribution in [0, 0.1) is 6.92 Å². The molecule has 0 amide bonds. The minimum atomic E-state index is 0.716. The highest BCUT2D eigenvalue weighted by molar-refractivity contribution is 6.33. The minimum absolute atomic E-state index is 0.716. The maximum absolute atomic E-state index is 6.41. The lowest BCUT2D eigenvalue weighted by atomic mass is 9.96. The van der Waals surface area contributed by atoms with Crippen LogP contribution in [0.4, 0.5) is 5.69 Å². The molecule has 25 heavy (non-hydrogen) atoms. The summed E-state index contributed by atoms with van der Waals surface area (Å²) < 4.78 is 0. The van der Waals surface area contributed by atoms with Crippen molar-refractivity contribution in [3.05, 3.63) is 77.7 Å². The molecule has 0 radical (unpaired) electrons. The van der Waals surface area contributed by atoms with Crippen molar-refractivity contribution in [1.29, 1.82) is 0 Å². The van der Waals surface area contributed by atoms with Crippen molar-refractivity contribution in [2.75, 3.05) is 5.73 Å². The second-order valence-corrected chi connectivity index (χ2v) is 6.39. The van der Waals surface area contributed by atoms with Gasteiger partial charge in [0.15, 0.2) is 0 Å². The van der Waals surface area contributed by atoms with Crippen molar-refractivity contribution < 1.29 is 0 Å². The summed E-state index contributed by atoms with van der Waals surface area (Å²) in [4.78, 5) is 9.00. The van der Waals surface area contributed by atoms with Gasteiger partial charge in [0.2, 0.25) is 0 Å². The van der Waals surface area contributed by atoms with Crippen molar-refractivity contribution in [1.82, 2.24) is 9.97 Å². The number of hydrogen-bond acceptors (Lipinski definition) is 3. The van der Waals surface area contributed by atoms with Gasteiger partial charge in [-0.25, -0.2) is 9.97 Å². The van der Waals surface area contributed by atoms with Gasteiger partial charge in [0, 0.05) is 33.4 Å². The zero-order valence-electron chi connectivity index (χ0n) is 13.7. The average molecular weight is 346 g/mol. The van der Waals surface area contributed by atoms with Crippen LogP contribution in [0.25, 0.3) is 33.2 Å². The van der Waals surface area contributed by atoms with Crippen LogP contribution in [0.5, 0.6) is 0 Å². The lowest BCUT2D eigenvalue weighted by molar-refractivity contribution is 1.09. The summed E-state index contributed by atoms with van der Waals surface area (Å²) in [5.41, 5.74) is 11.7. The monoisotopic (exact) mass is 345 g/mol. The molecule has 1 aromatic heterocycles. The Hall–Kier alpha value is -2.91. The van der Waals surface area contributed by atoms with E-state index in [4.69, 9.17) is 17.3 Å². The van der Waals surface area contributed by atoms with Crippen molar-refractivity contribution in [2.45, 2.75) is 6.92 Å². The van der Waals surface area contributed by atoms with Gasteiger partial charge in [-0.15, -0.1) is 0 Å². The molecule has 0 aliphatic heterocycles. The van der Waals surface area contributed by atoms with Crippen LogP contribution in [0.3, 0.4) is 0 Å². The molecule has 0 unspecified atom stereocenters. The van der Waals surface area contributed by atoms with Gasteiger partial charge in [0.05, 0.1) is 5.52 Å². The van der Waals surface area contributed by atoms with Gasteiger partial charge in [-0.1, -0.05) is 41.9 Å². The first kappa shape index (κ1) is 15.6. The van der Waals surface area contributed by atoms with E-state index in [-0.39, 0.29) is 0 Å². The fraction of sp³-hybridized carbons (Fsp3) is 0.0476. The smallest absolute Gasteiger partial charge is 0.125 e. The van der Waals surface area contributed by atoms with Crippen LogP contribution in [0.1, 0.15) is 5.82 Å². The number of benzene rings is 3. The van der Waals surface area contributed by atoms with Crippen LogP contribution in [-0.4, -0.2) is 9.97 Å². The Balaban J connectivity index is 2.05. The summed E-state index contributed by atoms with van der Waals surface area (Å²) in [5, 5.41) is 1.69. The van der Waals surface area contributed by atoms with E-state index in [1.54, 1.807) is 0 Å². The van der Waals surface area contributed by atoms with Crippen molar-refractivity contribution in [3.63, 3.8) is 0 Å². The van der Waals surface area contributed by atoms with E-state index >= 15 is 0 Å². The van der Waals surface area contributed by atoms with E-state index in [0.29, 0.717) is 5.02 Å². The third-order valence-electron chi connectivity index (χ3n) is 4.19. The standard InChI is InChI=1S/C21H16ClN3/c1-13-24-12-16-9-15(18-7-2-3-8-20(18)22)11-19(21(16)25-13)14-5-4-6-17(23)10-14/h2-12H,23H2,1H3. The lowest BCUT2D eigenvalue weighted by Crippen LogP contribution is -1.93. The van der Waals surface area contributed by atoms with Crippen LogP contribution >= 0.6 is 11.6 Å². The average Bonchev–Trinajstić information content (AvgIpc) is 2.61. The van der Waals surface area contributed by atoms with Gasteiger partial charge in [0.25, 0.3) is 0 Å². The van der Waals surface area contributed by atoms with Crippen molar-refractivity contribution in [3.8, 4) is 22.3 Å². The predicted molar refractivity (Wildman–Crippen MR) is 105 cm³/mol. The van der Waals surface area contributed by atoms with E-state index in [2.05, 4.69) is 22.1 Å². The number of nitrogens with zero attached hydrogens (tertiary/aromatic N) is 2. The predicted octanol–water partition coefficient (Wildman–Crippen LogP) is 5.51. The molecule has 0 spiro atoms. The Bertz CT molecular complexity index is 1090. The quantitative estimate of drug-likeness (QED) is 0.487. The number of nitrogens with two attached hydrogens (primary N) is 1. The molecule has 4 rings (SSSR count). The number of fused-ring (bicyclic) bond motifs is 1. The molecule has 0 saturated heterocycles. The number of hydrogen-bond donors (Lipinski definition) is 1.